The Balaban J connectivity index is 2.01. The van der Waals surface area contributed by atoms with Gasteiger partial charge in [-0.05, 0) is 56.9 Å². The molecule has 0 radical (unpaired) electrons. The molecule has 6 heteroatoms. The fraction of sp³-hybridized carbons (Fsp3) is 0.391. The van der Waals surface area contributed by atoms with Gasteiger partial charge in [0.2, 0.25) is 0 Å². The molecule has 2 rings (SSSR count). The summed E-state index contributed by atoms with van der Waals surface area (Å²) in [7, 11) is 0. The molecule has 1 aliphatic carbocycles. The van der Waals surface area contributed by atoms with Crippen molar-refractivity contribution in [3.05, 3.63) is 58.3 Å². The largest absolute Gasteiger partial charge is 0.351 e. The van der Waals surface area contributed by atoms with Gasteiger partial charge in [-0.15, -0.1) is 0 Å². The highest BCUT2D eigenvalue weighted by Gasteiger charge is 2.42. The van der Waals surface area contributed by atoms with Crippen molar-refractivity contribution < 1.29 is 14.4 Å². The highest BCUT2D eigenvalue weighted by atomic mass is 35.5. The van der Waals surface area contributed by atoms with Crippen LogP contribution in [0, 0.1) is 26.7 Å². The molecule has 29 heavy (non-hydrogen) atoms. The molecule has 0 spiro atoms. The Morgan fingerprint density at radius 3 is 2.48 bits per heavy atom. The van der Waals surface area contributed by atoms with Crippen molar-refractivity contribution in [3.8, 4) is 0 Å². The normalized spacial score (nSPS) is 20.2. The van der Waals surface area contributed by atoms with Crippen molar-refractivity contribution in [2.75, 3.05) is 6.54 Å². The Labute approximate surface area is 176 Å². The number of halogens is 1. The van der Waals surface area contributed by atoms with E-state index in [9.17, 15) is 14.4 Å². The van der Waals surface area contributed by atoms with E-state index in [0.29, 0.717) is 18.0 Å². The lowest BCUT2D eigenvalue weighted by Gasteiger charge is -2.16. The van der Waals surface area contributed by atoms with Crippen molar-refractivity contribution in [2.45, 2.75) is 46.5 Å². The predicted molar refractivity (Wildman–Crippen MR) is 116 cm³/mol. The fourth-order valence-corrected chi connectivity index (χ4v) is 3.86. The maximum atomic E-state index is 12.9. The molecule has 1 amide bonds. The van der Waals surface area contributed by atoms with E-state index in [2.05, 4.69) is 16.9 Å². The number of nitrogens with zero attached hydrogens (tertiary/aromatic N) is 1. The molecule has 5 nitrogen and oxygen atoms in total. The third kappa shape index (κ3) is 5.51. The van der Waals surface area contributed by atoms with Gasteiger partial charge >= 0.3 is 0 Å². The molecule has 0 saturated heterocycles. The molecule has 0 bridgehead atoms. The lowest BCUT2D eigenvalue weighted by atomic mass is 9.86. The lowest BCUT2D eigenvalue weighted by Crippen LogP contribution is -2.31. The van der Waals surface area contributed by atoms with Gasteiger partial charge < -0.3 is 5.32 Å². The summed E-state index contributed by atoms with van der Waals surface area (Å²) >= 11 is 5.76. The van der Waals surface area contributed by atoms with Gasteiger partial charge in [0.1, 0.15) is 17.4 Å². The van der Waals surface area contributed by atoms with Gasteiger partial charge in [0.05, 0.1) is 5.03 Å². The first-order valence-electron chi connectivity index (χ1n) is 9.60. The Morgan fingerprint density at radius 2 is 1.90 bits per heavy atom. The number of hydrogen-bond acceptors (Lipinski definition) is 4. The number of carbonyl (C=O) groups is 3. The van der Waals surface area contributed by atoms with Crippen LogP contribution in [0.1, 0.15) is 47.9 Å². The number of rotatable bonds is 7. The van der Waals surface area contributed by atoms with Crippen LogP contribution in [0.4, 0.5) is 0 Å². The zero-order valence-corrected chi connectivity index (χ0v) is 18.1. The molecule has 0 aromatic heterocycles. The second-order valence-electron chi connectivity index (χ2n) is 7.49. The molecule has 0 aliphatic heterocycles. The lowest BCUT2D eigenvalue weighted by molar-refractivity contribution is -0.125. The molecule has 2 unspecified atom stereocenters. The predicted octanol–water partition coefficient (Wildman–Crippen LogP) is 4.09. The highest BCUT2D eigenvalue weighted by molar-refractivity contribution is 6.38. The first-order valence-corrected chi connectivity index (χ1v) is 9.98. The molecule has 154 valence electrons. The van der Waals surface area contributed by atoms with Crippen LogP contribution < -0.4 is 5.32 Å². The highest BCUT2D eigenvalue weighted by Crippen LogP contribution is 2.37. The monoisotopic (exact) mass is 414 g/mol. The summed E-state index contributed by atoms with van der Waals surface area (Å²) in [5, 5.41) is 3.07. The van der Waals surface area contributed by atoms with Crippen LogP contribution in [0.2, 0.25) is 0 Å². The van der Waals surface area contributed by atoms with E-state index >= 15 is 0 Å². The van der Waals surface area contributed by atoms with Crippen LogP contribution in [0.3, 0.4) is 0 Å². The smallest absolute Gasteiger partial charge is 0.265 e. The van der Waals surface area contributed by atoms with Crippen LogP contribution in [-0.4, -0.2) is 29.7 Å². The van der Waals surface area contributed by atoms with Crippen molar-refractivity contribution in [1.29, 1.82) is 0 Å². The van der Waals surface area contributed by atoms with Gasteiger partial charge in [-0.3, -0.25) is 19.4 Å². The van der Waals surface area contributed by atoms with Crippen LogP contribution >= 0.6 is 11.6 Å². The van der Waals surface area contributed by atoms with Gasteiger partial charge in [-0.25, -0.2) is 0 Å². The Bertz CT molecular complexity index is 892. The van der Waals surface area contributed by atoms with E-state index in [-0.39, 0.29) is 35.5 Å². The summed E-state index contributed by atoms with van der Waals surface area (Å²) in [6.07, 6.45) is 3.41. The summed E-state index contributed by atoms with van der Waals surface area (Å²) in [4.78, 5) is 41.6. The minimum atomic E-state index is -0.689. The van der Waals surface area contributed by atoms with Gasteiger partial charge in [-0.1, -0.05) is 35.9 Å². The summed E-state index contributed by atoms with van der Waals surface area (Å²) in [6, 6.07) is 4.01. The number of aliphatic imine (C=N–C) groups is 1. The second kappa shape index (κ2) is 9.79. The Hall–Kier alpha value is -2.53. The number of carbonyl (C=O) groups excluding carboxylic acids is 3. The minimum Gasteiger partial charge on any atom is -0.351 e. The average Bonchev–Trinajstić information content (AvgIpc) is 2.92. The van der Waals surface area contributed by atoms with E-state index in [4.69, 9.17) is 11.6 Å². The maximum Gasteiger partial charge on any atom is 0.265 e. The van der Waals surface area contributed by atoms with E-state index in [1.54, 1.807) is 6.92 Å². The van der Waals surface area contributed by atoms with E-state index in [1.165, 1.54) is 12.3 Å². The molecule has 0 heterocycles. The molecule has 1 aromatic rings. The Morgan fingerprint density at radius 1 is 1.28 bits per heavy atom. The molecular weight excluding hydrogens is 388 g/mol. The van der Waals surface area contributed by atoms with Crippen LogP contribution in [0.15, 0.2) is 41.0 Å². The zero-order chi connectivity index (χ0) is 21.7. The fourth-order valence-electron chi connectivity index (χ4n) is 3.81. The molecule has 1 N–H and O–H groups in total. The number of ketones is 2. The van der Waals surface area contributed by atoms with Crippen LogP contribution in [0.5, 0.6) is 0 Å². The number of benzene rings is 1. The van der Waals surface area contributed by atoms with E-state index < -0.39 is 5.92 Å². The number of allylic oxidation sites excluding steroid dienone is 2. The maximum absolute atomic E-state index is 12.9. The first kappa shape index (κ1) is 22.8. The van der Waals surface area contributed by atoms with Gasteiger partial charge in [0.15, 0.2) is 5.78 Å². The second-order valence-corrected chi connectivity index (χ2v) is 7.93. The molecular formula is C23H27ClN2O3. The third-order valence-electron chi connectivity index (χ3n) is 5.17. The minimum absolute atomic E-state index is 0.0386. The number of Topliss-reactive ketones (excluding diaryl/α,β-unsaturated/α-hetero) is 2. The number of nitrogens with one attached hydrogen (secondary N) is 1. The van der Waals surface area contributed by atoms with Crippen molar-refractivity contribution in [3.63, 3.8) is 0 Å². The summed E-state index contributed by atoms with van der Waals surface area (Å²) in [5.41, 5.74) is 4.15. The van der Waals surface area contributed by atoms with Crippen LogP contribution in [-0.2, 0) is 14.4 Å². The first-order chi connectivity index (χ1) is 13.6. The zero-order valence-electron chi connectivity index (χ0n) is 17.3. The van der Waals surface area contributed by atoms with Gasteiger partial charge in [0.25, 0.3) is 5.91 Å². The molecule has 1 fully saturated rings. The number of hydrogen-bond donors (Lipinski definition) is 1. The van der Waals surface area contributed by atoms with Crippen molar-refractivity contribution in [2.24, 2.45) is 10.9 Å². The quantitative estimate of drug-likeness (QED) is 0.415. The van der Waals surface area contributed by atoms with Crippen molar-refractivity contribution >= 4 is 34.8 Å². The van der Waals surface area contributed by atoms with E-state index in [0.717, 1.165) is 22.3 Å². The summed E-state index contributed by atoms with van der Waals surface area (Å²) < 4.78 is 0. The van der Waals surface area contributed by atoms with Gasteiger partial charge in [0, 0.05) is 25.1 Å². The van der Waals surface area contributed by atoms with Crippen molar-refractivity contribution in [1.82, 2.24) is 5.32 Å². The molecule has 2 atom stereocenters. The van der Waals surface area contributed by atoms with Gasteiger partial charge in [-0.2, -0.15) is 0 Å². The standard InChI is InChI=1S/C23H27ClN2O3/c1-6-18(24)12-26-16(5)23(29)25-8-7-17-11-19(27)21(22(17)28)20-14(3)9-13(2)10-15(20)4/h6,9-10,12,17,21H,1,7-8,11H2,2-5H3,(H,25,29)/b18-12+,26-16?. The molecule has 1 aliphatic rings. The summed E-state index contributed by atoms with van der Waals surface area (Å²) in [6.45, 7) is 11.3. The SMILES string of the molecule is C=C/C(Cl)=C\N=C(C)C(=O)NCCC1CC(=O)C(c2c(C)cc(C)cc2C)C1=O. The number of aryl methyl sites for hydroxylation is 3. The van der Waals surface area contributed by atoms with Crippen LogP contribution in [0.25, 0.3) is 0 Å². The molecule has 1 saturated carbocycles. The molecule has 1 aromatic carbocycles. The average molecular weight is 415 g/mol. The topological polar surface area (TPSA) is 75.6 Å². The third-order valence-corrected chi connectivity index (χ3v) is 5.42. The summed E-state index contributed by atoms with van der Waals surface area (Å²) in [5.74, 6) is -1.49. The number of amides is 1. The Kier molecular flexibility index (Phi) is 7.68. The van der Waals surface area contributed by atoms with E-state index in [1.807, 2.05) is 32.9 Å².